The van der Waals surface area contributed by atoms with Gasteiger partial charge in [0, 0.05) is 19.6 Å². The van der Waals surface area contributed by atoms with Gasteiger partial charge in [-0.3, -0.25) is 4.79 Å². The summed E-state index contributed by atoms with van der Waals surface area (Å²) in [4.78, 5) is 26.9. The lowest BCUT2D eigenvalue weighted by Gasteiger charge is -2.22. The van der Waals surface area contributed by atoms with Gasteiger partial charge < -0.3 is 19.4 Å². The summed E-state index contributed by atoms with van der Waals surface area (Å²) in [6.07, 6.45) is 0.972. The molecule has 9 nitrogen and oxygen atoms in total. The maximum atomic E-state index is 13.1. The van der Waals surface area contributed by atoms with Gasteiger partial charge in [-0.25, -0.2) is 13.2 Å². The van der Waals surface area contributed by atoms with Gasteiger partial charge in [-0.05, 0) is 56.6 Å². The summed E-state index contributed by atoms with van der Waals surface area (Å²) in [5, 5.41) is 2.49. The fourth-order valence-corrected chi connectivity index (χ4v) is 5.32. The molecule has 1 aromatic heterocycles. The van der Waals surface area contributed by atoms with Gasteiger partial charge in [0.15, 0.2) is 0 Å². The third-order valence-electron chi connectivity index (χ3n) is 5.58. The number of carbonyl (C=O) groups excluding carboxylic acids is 2. The number of benzene rings is 1. The molecule has 180 valence electrons. The summed E-state index contributed by atoms with van der Waals surface area (Å²) in [5.74, 6) is -1.28. The fraction of sp³-hybridized carbons (Fsp3) is 0.478. The molecule has 0 aliphatic carbocycles. The minimum Gasteiger partial charge on any atom is -0.460 e. The van der Waals surface area contributed by atoms with Gasteiger partial charge in [-0.15, -0.1) is 0 Å². The Bertz CT molecular complexity index is 1080. The average molecular weight is 478 g/mol. The van der Waals surface area contributed by atoms with E-state index in [0.717, 1.165) is 28.5 Å². The fourth-order valence-electron chi connectivity index (χ4n) is 3.74. The summed E-state index contributed by atoms with van der Waals surface area (Å²) in [6, 6.07) is 9.60. The summed E-state index contributed by atoms with van der Waals surface area (Å²) >= 11 is 0. The van der Waals surface area contributed by atoms with E-state index in [1.807, 2.05) is 31.3 Å². The number of ether oxygens (including phenoxy) is 1. The smallest absolute Gasteiger partial charge is 0.374 e. The second-order valence-electron chi connectivity index (χ2n) is 7.98. The molecule has 0 spiro atoms. The van der Waals surface area contributed by atoms with Crippen LogP contribution in [0, 0.1) is 0 Å². The van der Waals surface area contributed by atoms with Crippen LogP contribution in [-0.4, -0.2) is 62.3 Å². The zero-order valence-electron chi connectivity index (χ0n) is 19.2. The number of carbonyl (C=O) groups is 2. The van der Waals surface area contributed by atoms with Crippen LogP contribution in [0.5, 0.6) is 0 Å². The first kappa shape index (κ1) is 24.9. The number of furan rings is 1. The van der Waals surface area contributed by atoms with Crippen molar-refractivity contribution >= 4 is 21.9 Å². The van der Waals surface area contributed by atoms with Crippen LogP contribution in [-0.2, 0) is 32.6 Å². The molecule has 1 aliphatic rings. The molecule has 0 saturated carbocycles. The van der Waals surface area contributed by atoms with Gasteiger partial charge in [0.2, 0.25) is 16.8 Å². The Morgan fingerprint density at radius 1 is 1.21 bits per heavy atom. The first-order valence-electron chi connectivity index (χ1n) is 11.1. The van der Waals surface area contributed by atoms with Crippen LogP contribution in [0.2, 0.25) is 0 Å². The van der Waals surface area contributed by atoms with Gasteiger partial charge >= 0.3 is 5.97 Å². The van der Waals surface area contributed by atoms with E-state index in [0.29, 0.717) is 19.4 Å². The molecule has 1 aliphatic heterocycles. The predicted molar refractivity (Wildman–Crippen MR) is 122 cm³/mol. The summed E-state index contributed by atoms with van der Waals surface area (Å²) in [5.41, 5.74) is 2.09. The highest BCUT2D eigenvalue weighted by Gasteiger charge is 2.41. The molecule has 2 aromatic rings. The zero-order chi connectivity index (χ0) is 24.0. The van der Waals surface area contributed by atoms with E-state index >= 15 is 0 Å². The van der Waals surface area contributed by atoms with Gasteiger partial charge in [0.1, 0.15) is 6.04 Å². The molecule has 1 amide bonds. The van der Waals surface area contributed by atoms with Gasteiger partial charge in [0.05, 0.1) is 6.61 Å². The molecular weight excluding hydrogens is 446 g/mol. The lowest BCUT2D eigenvalue weighted by atomic mass is 10.1. The SMILES string of the molecule is CCOC(=O)c1ccc(S(=O)(=O)N2CCCC2C(=O)NCc2cccc(CN(C)CC)c2)o1. The Kier molecular flexibility index (Phi) is 8.28. The van der Waals surface area contributed by atoms with E-state index in [1.54, 1.807) is 6.92 Å². The van der Waals surface area contributed by atoms with Crippen LogP contribution in [0.3, 0.4) is 0 Å². The average Bonchev–Trinajstić information content (AvgIpc) is 3.48. The maximum absolute atomic E-state index is 13.1. The minimum absolute atomic E-state index is 0.147. The van der Waals surface area contributed by atoms with Crippen molar-refractivity contribution in [3.63, 3.8) is 0 Å². The van der Waals surface area contributed by atoms with Crippen molar-refractivity contribution in [3.8, 4) is 0 Å². The van der Waals surface area contributed by atoms with Gasteiger partial charge in [-0.1, -0.05) is 31.2 Å². The van der Waals surface area contributed by atoms with E-state index in [1.165, 1.54) is 12.1 Å². The third kappa shape index (κ3) is 6.01. The Morgan fingerprint density at radius 2 is 1.97 bits per heavy atom. The Balaban J connectivity index is 1.67. The molecule has 3 rings (SSSR count). The molecule has 2 heterocycles. The van der Waals surface area contributed by atoms with Gasteiger partial charge in [0.25, 0.3) is 10.0 Å². The third-order valence-corrected chi connectivity index (χ3v) is 7.36. The zero-order valence-corrected chi connectivity index (χ0v) is 20.1. The molecule has 0 bridgehead atoms. The summed E-state index contributed by atoms with van der Waals surface area (Å²) in [7, 11) is -2.03. The van der Waals surface area contributed by atoms with Crippen LogP contribution >= 0.6 is 0 Å². The Labute approximate surface area is 194 Å². The Morgan fingerprint density at radius 3 is 2.70 bits per heavy atom. The number of esters is 1. The minimum atomic E-state index is -4.07. The van der Waals surface area contributed by atoms with Gasteiger partial charge in [-0.2, -0.15) is 4.31 Å². The summed E-state index contributed by atoms with van der Waals surface area (Å²) < 4.78 is 37.4. The van der Waals surface area contributed by atoms with Crippen molar-refractivity contribution in [2.24, 2.45) is 0 Å². The number of hydrogen-bond acceptors (Lipinski definition) is 7. The van der Waals surface area contributed by atoms with Crippen LogP contribution < -0.4 is 5.32 Å². The second-order valence-corrected chi connectivity index (χ2v) is 9.80. The van der Waals surface area contributed by atoms with Crippen LogP contribution in [0.15, 0.2) is 45.9 Å². The van der Waals surface area contributed by atoms with Crippen molar-refractivity contribution in [1.29, 1.82) is 0 Å². The Hall–Kier alpha value is -2.69. The van der Waals surface area contributed by atoms with Crippen LogP contribution in [0.1, 0.15) is 48.4 Å². The van der Waals surface area contributed by atoms with Crippen molar-refractivity contribution in [3.05, 3.63) is 53.3 Å². The number of amides is 1. The molecular formula is C23H31N3O6S. The van der Waals surface area contributed by atoms with Crippen molar-refractivity contribution in [2.45, 2.75) is 50.9 Å². The topological polar surface area (TPSA) is 109 Å². The van der Waals surface area contributed by atoms with Crippen LogP contribution in [0.4, 0.5) is 0 Å². The largest absolute Gasteiger partial charge is 0.460 e. The molecule has 33 heavy (non-hydrogen) atoms. The first-order chi connectivity index (χ1) is 15.8. The van der Waals surface area contributed by atoms with E-state index in [2.05, 4.69) is 17.1 Å². The second kappa shape index (κ2) is 11.0. The summed E-state index contributed by atoms with van der Waals surface area (Å²) in [6.45, 7) is 6.13. The van der Waals surface area contributed by atoms with Crippen molar-refractivity contribution in [2.75, 3.05) is 26.7 Å². The van der Waals surface area contributed by atoms with E-state index in [-0.39, 0.29) is 29.9 Å². The highest BCUT2D eigenvalue weighted by Crippen LogP contribution is 2.27. The van der Waals surface area contributed by atoms with E-state index < -0.39 is 22.0 Å². The monoisotopic (exact) mass is 477 g/mol. The van der Waals surface area contributed by atoms with Crippen molar-refractivity contribution < 1.29 is 27.2 Å². The quantitative estimate of drug-likeness (QED) is 0.523. The lowest BCUT2D eigenvalue weighted by Crippen LogP contribution is -2.45. The lowest BCUT2D eigenvalue weighted by molar-refractivity contribution is -0.124. The number of rotatable bonds is 10. The molecule has 1 aromatic carbocycles. The van der Waals surface area contributed by atoms with E-state index in [9.17, 15) is 18.0 Å². The highest BCUT2D eigenvalue weighted by atomic mass is 32.2. The van der Waals surface area contributed by atoms with Crippen molar-refractivity contribution in [1.82, 2.24) is 14.5 Å². The van der Waals surface area contributed by atoms with E-state index in [4.69, 9.17) is 9.15 Å². The standard InChI is InChI=1S/C23H31N3O6S/c1-4-25(3)16-18-9-6-8-17(14-18)15-24-22(27)19-10-7-13-26(19)33(29,30)21-12-11-20(32-21)23(28)31-5-2/h6,8-9,11-12,14,19H,4-5,7,10,13,15-16H2,1-3H3,(H,24,27). The molecule has 1 atom stereocenters. The predicted octanol–water partition coefficient (Wildman–Crippen LogP) is 2.38. The normalized spacial score (nSPS) is 16.8. The number of sulfonamides is 1. The molecule has 1 fully saturated rings. The maximum Gasteiger partial charge on any atom is 0.374 e. The number of nitrogens with one attached hydrogen (secondary N) is 1. The highest BCUT2D eigenvalue weighted by molar-refractivity contribution is 7.89. The molecule has 1 N–H and O–H groups in total. The van der Waals surface area contributed by atoms with Crippen LogP contribution in [0.25, 0.3) is 0 Å². The number of nitrogens with zero attached hydrogens (tertiary/aromatic N) is 2. The molecule has 10 heteroatoms. The number of hydrogen-bond donors (Lipinski definition) is 1. The molecule has 1 saturated heterocycles. The molecule has 1 unspecified atom stereocenters. The molecule has 0 radical (unpaired) electrons. The first-order valence-corrected chi connectivity index (χ1v) is 12.5.